The molecule has 3 aromatic heterocycles. The number of pyridine rings is 1. The maximum atomic E-state index is 12.7. The number of nitrogens with one attached hydrogen (secondary N) is 3. The summed E-state index contributed by atoms with van der Waals surface area (Å²) in [5, 5.41) is 22.9. The number of fused-ring (bicyclic) bond motifs is 1. The standard InChI is InChI=1S/C20H25N7O3/c1-11(2)26-8-4-5-14(20(26)30)23-16-9-17(21-3)27-18(25-16)12(10-22-27)19(29)24-13-6-7-15(13)28/h4-5,8-11,13,15,21,28H,6-7H2,1-3H3,(H,23,25)(H,24,29)/t13-,15+/m1/s1. The number of hydrogen-bond acceptors (Lipinski definition) is 7. The molecule has 1 aliphatic rings. The number of carbonyl (C=O) groups is 1. The van der Waals surface area contributed by atoms with Crippen LogP contribution in [0.15, 0.2) is 35.4 Å². The fourth-order valence-electron chi connectivity index (χ4n) is 3.41. The SMILES string of the molecule is CNc1cc(Nc2cccn(C(C)C)c2=O)nc2c(C(=O)N[C@@H]3CC[C@@H]3O)cnn12. The Kier molecular flexibility index (Phi) is 5.17. The van der Waals surface area contributed by atoms with Crippen LogP contribution in [-0.4, -0.2) is 49.4 Å². The highest BCUT2D eigenvalue weighted by Crippen LogP contribution is 2.23. The highest BCUT2D eigenvalue weighted by Gasteiger charge is 2.31. The summed E-state index contributed by atoms with van der Waals surface area (Å²) in [7, 11) is 1.74. The van der Waals surface area contributed by atoms with Crippen LogP contribution in [0.4, 0.5) is 17.3 Å². The molecule has 0 spiro atoms. The Labute approximate surface area is 172 Å². The normalized spacial score (nSPS) is 18.3. The molecular formula is C20H25N7O3. The van der Waals surface area contributed by atoms with Gasteiger partial charge in [0.2, 0.25) is 0 Å². The number of aromatic nitrogens is 4. The van der Waals surface area contributed by atoms with Gasteiger partial charge in [-0.2, -0.15) is 9.61 Å². The van der Waals surface area contributed by atoms with Crippen molar-refractivity contribution in [1.29, 1.82) is 0 Å². The molecule has 0 saturated heterocycles. The van der Waals surface area contributed by atoms with Crippen LogP contribution < -0.4 is 21.5 Å². The average molecular weight is 411 g/mol. The van der Waals surface area contributed by atoms with E-state index in [2.05, 4.69) is 26.0 Å². The van der Waals surface area contributed by atoms with Crippen molar-refractivity contribution in [2.45, 2.75) is 44.9 Å². The first kappa shape index (κ1) is 19.9. The first-order valence-corrected chi connectivity index (χ1v) is 9.92. The molecule has 4 N–H and O–H groups in total. The summed E-state index contributed by atoms with van der Waals surface area (Å²) < 4.78 is 3.15. The van der Waals surface area contributed by atoms with Gasteiger partial charge in [-0.1, -0.05) is 0 Å². The second-order valence-electron chi connectivity index (χ2n) is 7.65. The monoisotopic (exact) mass is 411 g/mol. The zero-order valence-electron chi connectivity index (χ0n) is 17.1. The highest BCUT2D eigenvalue weighted by molar-refractivity contribution is 6.00. The summed E-state index contributed by atoms with van der Waals surface area (Å²) in [6.07, 6.45) is 4.09. The Hall–Kier alpha value is -3.40. The van der Waals surface area contributed by atoms with Gasteiger partial charge in [0.05, 0.1) is 18.3 Å². The molecule has 1 amide bonds. The van der Waals surface area contributed by atoms with Crippen LogP contribution in [0.2, 0.25) is 0 Å². The van der Waals surface area contributed by atoms with Crippen molar-refractivity contribution in [3.05, 3.63) is 46.5 Å². The Morgan fingerprint density at radius 2 is 2.13 bits per heavy atom. The summed E-state index contributed by atoms with van der Waals surface area (Å²) in [4.78, 5) is 29.9. The lowest BCUT2D eigenvalue weighted by atomic mass is 9.89. The van der Waals surface area contributed by atoms with E-state index in [1.54, 1.807) is 36.0 Å². The second-order valence-corrected chi connectivity index (χ2v) is 7.65. The minimum atomic E-state index is -0.518. The summed E-state index contributed by atoms with van der Waals surface area (Å²) in [5.74, 6) is 0.663. The van der Waals surface area contributed by atoms with Gasteiger partial charge in [-0.05, 0) is 38.8 Å². The molecule has 0 aromatic carbocycles. The van der Waals surface area contributed by atoms with E-state index in [1.165, 1.54) is 10.7 Å². The number of carbonyl (C=O) groups excluding carboxylic acids is 1. The molecule has 1 saturated carbocycles. The average Bonchev–Trinajstić information content (AvgIpc) is 3.15. The molecule has 10 nitrogen and oxygen atoms in total. The summed E-state index contributed by atoms with van der Waals surface area (Å²) >= 11 is 0. The predicted molar refractivity (Wildman–Crippen MR) is 113 cm³/mol. The Morgan fingerprint density at radius 3 is 2.77 bits per heavy atom. The van der Waals surface area contributed by atoms with E-state index in [-0.39, 0.29) is 23.6 Å². The minimum Gasteiger partial charge on any atom is -0.391 e. The Morgan fingerprint density at radius 1 is 1.33 bits per heavy atom. The number of anilines is 3. The van der Waals surface area contributed by atoms with Gasteiger partial charge in [0.1, 0.15) is 22.9 Å². The van der Waals surface area contributed by atoms with Crippen LogP contribution in [0.3, 0.4) is 0 Å². The van der Waals surface area contributed by atoms with Crippen LogP contribution >= 0.6 is 0 Å². The molecule has 0 aliphatic heterocycles. The molecular weight excluding hydrogens is 386 g/mol. The summed E-state index contributed by atoms with van der Waals surface area (Å²) in [5.41, 5.74) is 0.858. The van der Waals surface area contributed by atoms with E-state index in [1.807, 2.05) is 13.8 Å². The van der Waals surface area contributed by atoms with Crippen LogP contribution in [0, 0.1) is 0 Å². The molecule has 3 aromatic rings. The molecule has 158 valence electrons. The molecule has 30 heavy (non-hydrogen) atoms. The van der Waals surface area contributed by atoms with Crippen molar-refractivity contribution < 1.29 is 9.90 Å². The lowest BCUT2D eigenvalue weighted by molar-refractivity contribution is 0.0448. The Balaban J connectivity index is 1.70. The van der Waals surface area contributed by atoms with Crippen molar-refractivity contribution in [3.8, 4) is 0 Å². The number of aliphatic hydroxyl groups excluding tert-OH is 1. The fraction of sp³-hybridized carbons (Fsp3) is 0.400. The molecule has 1 aliphatic carbocycles. The van der Waals surface area contributed by atoms with Crippen LogP contribution in [0.1, 0.15) is 43.1 Å². The zero-order valence-corrected chi connectivity index (χ0v) is 17.1. The van der Waals surface area contributed by atoms with E-state index in [4.69, 9.17) is 0 Å². The maximum Gasteiger partial charge on any atom is 0.274 e. The van der Waals surface area contributed by atoms with Crippen LogP contribution in [0.5, 0.6) is 0 Å². The molecule has 3 heterocycles. The largest absolute Gasteiger partial charge is 0.391 e. The van der Waals surface area contributed by atoms with Crippen LogP contribution in [0.25, 0.3) is 5.65 Å². The van der Waals surface area contributed by atoms with E-state index in [9.17, 15) is 14.7 Å². The Bertz CT molecular complexity index is 1150. The van der Waals surface area contributed by atoms with Gasteiger partial charge in [-0.15, -0.1) is 0 Å². The van der Waals surface area contributed by atoms with Gasteiger partial charge in [0, 0.05) is 25.4 Å². The first-order valence-electron chi connectivity index (χ1n) is 9.92. The second kappa shape index (κ2) is 7.79. The highest BCUT2D eigenvalue weighted by atomic mass is 16.3. The number of amides is 1. The van der Waals surface area contributed by atoms with Gasteiger partial charge in [0.25, 0.3) is 11.5 Å². The van der Waals surface area contributed by atoms with E-state index in [0.29, 0.717) is 35.0 Å². The van der Waals surface area contributed by atoms with E-state index in [0.717, 1.165) is 6.42 Å². The van der Waals surface area contributed by atoms with Crippen molar-refractivity contribution in [2.24, 2.45) is 0 Å². The van der Waals surface area contributed by atoms with Crippen molar-refractivity contribution in [1.82, 2.24) is 24.5 Å². The van der Waals surface area contributed by atoms with Crippen LogP contribution in [-0.2, 0) is 0 Å². The quantitative estimate of drug-likeness (QED) is 0.484. The molecule has 2 atom stereocenters. The van der Waals surface area contributed by atoms with Gasteiger partial charge in [-0.3, -0.25) is 9.59 Å². The van der Waals surface area contributed by atoms with Gasteiger partial charge < -0.3 is 25.6 Å². The maximum absolute atomic E-state index is 12.7. The predicted octanol–water partition coefficient (Wildman–Crippen LogP) is 1.51. The van der Waals surface area contributed by atoms with Crippen molar-refractivity contribution >= 4 is 28.9 Å². The molecule has 0 unspecified atom stereocenters. The van der Waals surface area contributed by atoms with Gasteiger partial charge in [0.15, 0.2) is 5.65 Å². The fourth-order valence-corrected chi connectivity index (χ4v) is 3.41. The molecule has 0 bridgehead atoms. The molecule has 0 radical (unpaired) electrons. The third-order valence-electron chi connectivity index (χ3n) is 5.32. The number of rotatable bonds is 6. The van der Waals surface area contributed by atoms with Gasteiger partial charge in [-0.25, -0.2) is 4.98 Å². The first-order chi connectivity index (χ1) is 14.4. The minimum absolute atomic E-state index is 0.0227. The third kappa shape index (κ3) is 3.50. The third-order valence-corrected chi connectivity index (χ3v) is 5.32. The lowest BCUT2D eigenvalue weighted by Gasteiger charge is -2.32. The molecule has 10 heteroatoms. The smallest absolute Gasteiger partial charge is 0.274 e. The van der Waals surface area contributed by atoms with Crippen molar-refractivity contribution in [2.75, 3.05) is 17.7 Å². The molecule has 4 rings (SSSR count). The number of hydrogen-bond donors (Lipinski definition) is 4. The summed E-state index contributed by atoms with van der Waals surface area (Å²) in [6.45, 7) is 3.87. The van der Waals surface area contributed by atoms with E-state index >= 15 is 0 Å². The zero-order chi connectivity index (χ0) is 21.4. The topological polar surface area (TPSA) is 126 Å². The lowest BCUT2D eigenvalue weighted by Crippen LogP contribution is -2.50. The molecule has 1 fully saturated rings. The van der Waals surface area contributed by atoms with E-state index < -0.39 is 6.10 Å². The van der Waals surface area contributed by atoms with Gasteiger partial charge >= 0.3 is 0 Å². The number of aliphatic hydroxyl groups is 1. The summed E-state index contributed by atoms with van der Waals surface area (Å²) in [6, 6.07) is 4.96. The van der Waals surface area contributed by atoms with Crippen molar-refractivity contribution in [3.63, 3.8) is 0 Å². The number of nitrogens with zero attached hydrogens (tertiary/aromatic N) is 4.